The van der Waals surface area contributed by atoms with Crippen LogP contribution in [0.15, 0.2) is 16.7 Å². The first-order valence-electron chi connectivity index (χ1n) is 4.51. The fourth-order valence-electron chi connectivity index (χ4n) is 1.09. The van der Waals surface area contributed by atoms with E-state index in [0.717, 1.165) is 0 Å². The largest absolute Gasteiger partial charge is 0.497 e. The smallest absolute Gasteiger partial charge is 0.311 e. The van der Waals surface area contributed by atoms with Crippen molar-refractivity contribution in [3.05, 3.63) is 22.4 Å². The molecule has 4 nitrogen and oxygen atoms in total. The van der Waals surface area contributed by atoms with Gasteiger partial charge in [0.15, 0.2) is 0 Å². The minimum absolute atomic E-state index is 0.156. The molecule has 0 unspecified atom stereocenters. The summed E-state index contributed by atoms with van der Waals surface area (Å²) in [5.41, 5.74) is 0.625. The average Bonchev–Trinajstić information content (AvgIpc) is 2.17. The highest BCUT2D eigenvalue weighted by molar-refractivity contribution is 9.10. The van der Waals surface area contributed by atoms with Crippen LogP contribution in [-0.2, 0) is 16.0 Å². The van der Waals surface area contributed by atoms with Crippen LogP contribution in [0.4, 0.5) is 0 Å². The van der Waals surface area contributed by atoms with E-state index in [1.54, 1.807) is 26.2 Å². The lowest BCUT2D eigenvalue weighted by atomic mass is 10.2. The van der Waals surface area contributed by atoms with E-state index < -0.39 is 0 Å². The number of aromatic nitrogens is 1. The van der Waals surface area contributed by atoms with Gasteiger partial charge in [-0.15, -0.1) is 0 Å². The molecule has 15 heavy (non-hydrogen) atoms. The van der Waals surface area contributed by atoms with E-state index in [2.05, 4.69) is 20.9 Å². The Kier molecular flexibility index (Phi) is 4.55. The second-order valence-corrected chi connectivity index (χ2v) is 3.62. The molecule has 0 aliphatic heterocycles. The molecule has 0 amide bonds. The summed E-state index contributed by atoms with van der Waals surface area (Å²) < 4.78 is 10.5. The van der Waals surface area contributed by atoms with Crippen molar-refractivity contribution in [3.63, 3.8) is 0 Å². The molecule has 5 heteroatoms. The third-order valence-corrected chi connectivity index (χ3v) is 2.09. The van der Waals surface area contributed by atoms with Crippen molar-refractivity contribution in [1.82, 2.24) is 4.98 Å². The van der Waals surface area contributed by atoms with Crippen molar-refractivity contribution in [1.29, 1.82) is 0 Å². The van der Waals surface area contributed by atoms with Crippen LogP contribution in [0.3, 0.4) is 0 Å². The first-order valence-corrected chi connectivity index (χ1v) is 5.31. The van der Waals surface area contributed by atoms with Gasteiger partial charge in [-0.2, -0.15) is 0 Å². The Bertz CT molecular complexity index is 355. The summed E-state index contributed by atoms with van der Waals surface area (Å²) in [6.45, 7) is 2.15. The number of nitrogens with zero attached hydrogens (tertiary/aromatic N) is 1. The predicted molar refractivity (Wildman–Crippen MR) is 58.8 cm³/mol. The summed E-state index contributed by atoms with van der Waals surface area (Å²) in [7, 11) is 1.57. The van der Waals surface area contributed by atoms with Gasteiger partial charge >= 0.3 is 5.97 Å². The SMILES string of the molecule is CCOC(=O)Cc1cc(OC)cc(Br)n1. The van der Waals surface area contributed by atoms with Crippen LogP contribution in [0.1, 0.15) is 12.6 Å². The summed E-state index contributed by atoms with van der Waals surface area (Å²) in [6.07, 6.45) is 0.156. The zero-order valence-corrected chi connectivity index (χ0v) is 10.2. The molecular weight excluding hydrogens is 262 g/mol. The number of hydrogen-bond donors (Lipinski definition) is 0. The van der Waals surface area contributed by atoms with Crippen LogP contribution in [0.5, 0.6) is 5.75 Å². The van der Waals surface area contributed by atoms with Crippen molar-refractivity contribution < 1.29 is 14.3 Å². The Morgan fingerprint density at radius 1 is 1.53 bits per heavy atom. The molecule has 82 valence electrons. The molecule has 0 radical (unpaired) electrons. The van der Waals surface area contributed by atoms with E-state index >= 15 is 0 Å². The molecular formula is C10H12BrNO3. The molecule has 0 atom stereocenters. The number of ether oxygens (including phenoxy) is 2. The Balaban J connectivity index is 2.76. The summed E-state index contributed by atoms with van der Waals surface area (Å²) >= 11 is 3.24. The number of hydrogen-bond acceptors (Lipinski definition) is 4. The fraction of sp³-hybridized carbons (Fsp3) is 0.400. The lowest BCUT2D eigenvalue weighted by Gasteiger charge is -2.04. The molecule has 0 saturated carbocycles. The second-order valence-electron chi connectivity index (χ2n) is 2.80. The Labute approximate surface area is 96.7 Å². The summed E-state index contributed by atoms with van der Waals surface area (Å²) in [5.74, 6) is 0.376. The standard InChI is InChI=1S/C10H12BrNO3/c1-3-15-10(13)5-7-4-8(14-2)6-9(11)12-7/h4,6H,3,5H2,1-2H3. The molecule has 0 saturated heterocycles. The molecule has 0 spiro atoms. The Morgan fingerprint density at radius 2 is 2.27 bits per heavy atom. The fourth-order valence-corrected chi connectivity index (χ4v) is 1.55. The van der Waals surface area contributed by atoms with Crippen molar-refractivity contribution in [2.45, 2.75) is 13.3 Å². The van der Waals surface area contributed by atoms with Gasteiger partial charge in [-0.25, -0.2) is 4.98 Å². The number of rotatable bonds is 4. The van der Waals surface area contributed by atoms with Gasteiger partial charge in [-0.1, -0.05) is 0 Å². The maximum atomic E-state index is 11.2. The summed E-state index contributed by atoms with van der Waals surface area (Å²) in [5, 5.41) is 0. The minimum Gasteiger partial charge on any atom is -0.497 e. The quantitative estimate of drug-likeness (QED) is 0.622. The number of halogens is 1. The van der Waals surface area contributed by atoms with Crippen molar-refractivity contribution >= 4 is 21.9 Å². The Morgan fingerprint density at radius 3 is 2.87 bits per heavy atom. The van der Waals surface area contributed by atoms with Gasteiger partial charge in [0, 0.05) is 12.1 Å². The molecule has 1 aromatic heterocycles. The highest BCUT2D eigenvalue weighted by Crippen LogP contribution is 2.18. The number of esters is 1. The highest BCUT2D eigenvalue weighted by atomic mass is 79.9. The van der Waals surface area contributed by atoms with Gasteiger partial charge in [0.2, 0.25) is 0 Å². The minimum atomic E-state index is -0.287. The van der Waals surface area contributed by atoms with Crippen LogP contribution >= 0.6 is 15.9 Å². The average molecular weight is 274 g/mol. The molecule has 1 heterocycles. The van der Waals surface area contributed by atoms with E-state index in [4.69, 9.17) is 9.47 Å². The Hall–Kier alpha value is -1.10. The predicted octanol–water partition coefficient (Wildman–Crippen LogP) is 1.96. The summed E-state index contributed by atoms with van der Waals surface area (Å²) in [4.78, 5) is 15.3. The van der Waals surface area contributed by atoms with E-state index in [9.17, 15) is 4.79 Å². The zero-order chi connectivity index (χ0) is 11.3. The van der Waals surface area contributed by atoms with E-state index in [-0.39, 0.29) is 12.4 Å². The molecule has 0 aromatic carbocycles. The number of carbonyl (C=O) groups is 1. The van der Waals surface area contributed by atoms with Gasteiger partial charge in [-0.05, 0) is 22.9 Å². The van der Waals surface area contributed by atoms with Crippen molar-refractivity contribution in [3.8, 4) is 5.75 Å². The van der Waals surface area contributed by atoms with Gasteiger partial charge in [0.1, 0.15) is 10.4 Å². The van der Waals surface area contributed by atoms with Crippen LogP contribution < -0.4 is 4.74 Å². The van der Waals surface area contributed by atoms with Gasteiger partial charge in [0.05, 0.1) is 25.8 Å². The van der Waals surface area contributed by atoms with E-state index in [1.165, 1.54) is 0 Å². The molecule has 0 bridgehead atoms. The molecule has 1 aromatic rings. The molecule has 0 aliphatic carbocycles. The second kappa shape index (κ2) is 5.70. The third kappa shape index (κ3) is 3.87. The lowest BCUT2D eigenvalue weighted by molar-refractivity contribution is -0.142. The first kappa shape index (κ1) is 12.0. The van der Waals surface area contributed by atoms with Crippen molar-refractivity contribution in [2.75, 3.05) is 13.7 Å². The van der Waals surface area contributed by atoms with E-state index in [1.807, 2.05) is 0 Å². The molecule has 1 rings (SSSR count). The first-order chi connectivity index (χ1) is 7.15. The maximum Gasteiger partial charge on any atom is 0.311 e. The number of pyridine rings is 1. The van der Waals surface area contributed by atoms with Gasteiger partial charge in [-0.3, -0.25) is 4.79 Å². The molecule has 0 fully saturated rings. The van der Waals surface area contributed by atoms with Crippen LogP contribution in [-0.4, -0.2) is 24.7 Å². The lowest BCUT2D eigenvalue weighted by Crippen LogP contribution is -2.08. The third-order valence-electron chi connectivity index (χ3n) is 1.69. The molecule has 0 N–H and O–H groups in total. The molecule has 0 aliphatic rings. The van der Waals surface area contributed by atoms with Crippen molar-refractivity contribution in [2.24, 2.45) is 0 Å². The van der Waals surface area contributed by atoms with Crippen LogP contribution in [0.25, 0.3) is 0 Å². The normalized spacial score (nSPS) is 9.80. The van der Waals surface area contributed by atoms with Gasteiger partial charge in [0.25, 0.3) is 0 Å². The monoisotopic (exact) mass is 273 g/mol. The van der Waals surface area contributed by atoms with Gasteiger partial charge < -0.3 is 9.47 Å². The maximum absolute atomic E-state index is 11.2. The topological polar surface area (TPSA) is 48.4 Å². The highest BCUT2D eigenvalue weighted by Gasteiger charge is 2.07. The zero-order valence-electron chi connectivity index (χ0n) is 8.62. The van der Waals surface area contributed by atoms with Crippen LogP contribution in [0, 0.1) is 0 Å². The summed E-state index contributed by atoms with van der Waals surface area (Å²) in [6, 6.07) is 3.44. The number of carbonyl (C=O) groups excluding carboxylic acids is 1. The number of methoxy groups -OCH3 is 1. The van der Waals surface area contributed by atoms with E-state index in [0.29, 0.717) is 22.7 Å². The van der Waals surface area contributed by atoms with Crippen LogP contribution in [0.2, 0.25) is 0 Å².